The van der Waals surface area contributed by atoms with Crippen LogP contribution >= 0.6 is 0 Å². The van der Waals surface area contributed by atoms with E-state index >= 15 is 0 Å². The van der Waals surface area contributed by atoms with Crippen LogP contribution in [0.2, 0.25) is 0 Å². The van der Waals surface area contributed by atoms with E-state index in [4.69, 9.17) is 5.26 Å². The monoisotopic (exact) mass is 204 g/mol. The van der Waals surface area contributed by atoms with E-state index in [2.05, 4.69) is 10.1 Å². The largest absolute Gasteiger partial charge is 0.389 e. The van der Waals surface area contributed by atoms with Crippen molar-refractivity contribution in [1.82, 2.24) is 14.8 Å². The Labute approximate surface area is 78.0 Å². The van der Waals surface area contributed by atoms with Gasteiger partial charge in [-0.25, -0.2) is 4.98 Å². The molecule has 0 aliphatic rings. The summed E-state index contributed by atoms with van der Waals surface area (Å²) in [7, 11) is 0. The molecule has 0 fully saturated rings. The van der Waals surface area contributed by atoms with E-state index < -0.39 is 12.6 Å². The van der Waals surface area contributed by atoms with Crippen LogP contribution in [0.3, 0.4) is 0 Å². The summed E-state index contributed by atoms with van der Waals surface area (Å²) in [6.07, 6.45) is -3.81. The van der Waals surface area contributed by atoms with E-state index in [1.807, 2.05) is 0 Å². The Morgan fingerprint density at radius 3 is 2.71 bits per heavy atom. The molecule has 1 rings (SSSR count). The predicted molar refractivity (Wildman–Crippen MR) is 40.0 cm³/mol. The maximum atomic E-state index is 11.7. The Bertz CT molecular complexity index is 335. The summed E-state index contributed by atoms with van der Waals surface area (Å²) >= 11 is 0. The van der Waals surface area contributed by atoms with Gasteiger partial charge in [0.05, 0.1) is 0 Å². The van der Waals surface area contributed by atoms with Gasteiger partial charge in [-0.1, -0.05) is 0 Å². The minimum atomic E-state index is -4.14. The summed E-state index contributed by atoms with van der Waals surface area (Å²) in [5.74, 6) is -0.0305. The average molecular weight is 204 g/mol. The molecule has 1 heterocycles. The molecule has 76 valence electrons. The van der Waals surface area contributed by atoms with Gasteiger partial charge < -0.3 is 0 Å². The summed E-state index contributed by atoms with van der Waals surface area (Å²) in [5, 5.41) is 12.0. The molecule has 0 aromatic carbocycles. The maximum Gasteiger partial charge on any atom is 0.389 e. The van der Waals surface area contributed by atoms with Crippen LogP contribution in [0.25, 0.3) is 0 Å². The highest BCUT2D eigenvalue weighted by Gasteiger charge is 2.26. The number of alkyl halides is 3. The van der Waals surface area contributed by atoms with Crippen LogP contribution in [0.1, 0.15) is 18.7 Å². The first-order valence-corrected chi connectivity index (χ1v) is 3.87. The van der Waals surface area contributed by atoms with Gasteiger partial charge in [-0.2, -0.15) is 18.4 Å². The summed E-state index contributed by atoms with van der Waals surface area (Å²) < 4.78 is 36.4. The number of nitriles is 1. The van der Waals surface area contributed by atoms with E-state index in [-0.39, 0.29) is 18.8 Å². The Kier molecular flexibility index (Phi) is 3.06. The lowest BCUT2D eigenvalue weighted by Crippen LogP contribution is -2.09. The SMILES string of the molecule is N#Cc1ncn(CCCC(F)(F)F)n1. The van der Waals surface area contributed by atoms with Crippen molar-refractivity contribution in [3.8, 4) is 6.07 Å². The molecule has 0 saturated carbocycles. The molecule has 7 heteroatoms. The highest BCUT2D eigenvalue weighted by molar-refractivity contribution is 5.05. The van der Waals surface area contributed by atoms with E-state index in [1.54, 1.807) is 6.07 Å². The van der Waals surface area contributed by atoms with Crippen molar-refractivity contribution in [1.29, 1.82) is 5.26 Å². The minimum Gasteiger partial charge on any atom is -0.252 e. The van der Waals surface area contributed by atoms with Crippen molar-refractivity contribution < 1.29 is 13.2 Å². The number of rotatable bonds is 3. The fourth-order valence-corrected chi connectivity index (χ4v) is 0.895. The van der Waals surface area contributed by atoms with Crippen molar-refractivity contribution in [3.63, 3.8) is 0 Å². The third-order valence-corrected chi connectivity index (χ3v) is 1.48. The van der Waals surface area contributed by atoms with E-state index in [0.29, 0.717) is 0 Å². The first kappa shape index (κ1) is 10.5. The first-order chi connectivity index (χ1) is 6.51. The lowest BCUT2D eigenvalue weighted by atomic mass is 10.3. The Morgan fingerprint density at radius 1 is 1.50 bits per heavy atom. The predicted octanol–water partition coefficient (Wildman–Crippen LogP) is 1.49. The standard InChI is InChI=1S/C7H7F3N4/c8-7(9,10)2-1-3-14-5-12-6(4-11)13-14/h5H,1-3H2. The van der Waals surface area contributed by atoms with Crippen LogP contribution in [0, 0.1) is 11.3 Å². The highest BCUT2D eigenvalue weighted by atomic mass is 19.4. The fourth-order valence-electron chi connectivity index (χ4n) is 0.895. The van der Waals surface area contributed by atoms with Crippen molar-refractivity contribution in [3.05, 3.63) is 12.2 Å². The van der Waals surface area contributed by atoms with Crippen molar-refractivity contribution in [2.45, 2.75) is 25.6 Å². The third kappa shape index (κ3) is 3.43. The number of hydrogen-bond donors (Lipinski definition) is 0. The Morgan fingerprint density at radius 2 is 2.21 bits per heavy atom. The minimum absolute atomic E-state index is 0.0305. The van der Waals surface area contributed by atoms with Crippen LogP contribution in [-0.4, -0.2) is 20.9 Å². The molecule has 0 spiro atoms. The van der Waals surface area contributed by atoms with Gasteiger partial charge in [0, 0.05) is 13.0 Å². The summed E-state index contributed by atoms with van der Waals surface area (Å²) in [5.41, 5.74) is 0. The molecule has 1 aromatic rings. The van der Waals surface area contributed by atoms with Gasteiger partial charge in [-0.15, -0.1) is 5.10 Å². The number of aromatic nitrogens is 3. The normalized spacial score (nSPS) is 11.3. The molecule has 0 radical (unpaired) electrons. The van der Waals surface area contributed by atoms with Crippen molar-refractivity contribution >= 4 is 0 Å². The van der Waals surface area contributed by atoms with Crippen LogP contribution in [-0.2, 0) is 6.54 Å². The van der Waals surface area contributed by atoms with E-state index in [1.165, 1.54) is 11.0 Å². The number of aryl methyl sites for hydroxylation is 1. The molecule has 1 aromatic heterocycles. The van der Waals surface area contributed by atoms with Crippen molar-refractivity contribution in [2.75, 3.05) is 0 Å². The lowest BCUT2D eigenvalue weighted by molar-refractivity contribution is -0.136. The van der Waals surface area contributed by atoms with Crippen LogP contribution < -0.4 is 0 Å². The molecule has 0 bridgehead atoms. The Hall–Kier alpha value is -1.58. The lowest BCUT2D eigenvalue weighted by Gasteiger charge is -2.04. The van der Waals surface area contributed by atoms with Crippen LogP contribution in [0.5, 0.6) is 0 Å². The van der Waals surface area contributed by atoms with Gasteiger partial charge in [-0.3, -0.25) is 4.68 Å². The maximum absolute atomic E-state index is 11.7. The van der Waals surface area contributed by atoms with Gasteiger partial charge in [0.15, 0.2) is 0 Å². The van der Waals surface area contributed by atoms with Gasteiger partial charge in [0.25, 0.3) is 5.82 Å². The molecule has 0 atom stereocenters. The van der Waals surface area contributed by atoms with Crippen LogP contribution in [0.15, 0.2) is 6.33 Å². The number of halogens is 3. The quantitative estimate of drug-likeness (QED) is 0.749. The first-order valence-electron chi connectivity index (χ1n) is 3.87. The number of hydrogen-bond acceptors (Lipinski definition) is 3. The van der Waals surface area contributed by atoms with Gasteiger partial charge in [-0.05, 0) is 6.42 Å². The summed E-state index contributed by atoms with van der Waals surface area (Å²) in [6, 6.07) is 1.69. The topological polar surface area (TPSA) is 54.5 Å². The fraction of sp³-hybridized carbons (Fsp3) is 0.571. The molecule has 0 N–H and O–H groups in total. The average Bonchev–Trinajstić information content (AvgIpc) is 2.50. The molecule has 0 unspecified atom stereocenters. The van der Waals surface area contributed by atoms with Gasteiger partial charge in [0.2, 0.25) is 0 Å². The molecule has 0 amide bonds. The second-order valence-corrected chi connectivity index (χ2v) is 2.66. The Balaban J connectivity index is 2.36. The molecular weight excluding hydrogens is 197 g/mol. The number of nitrogens with zero attached hydrogens (tertiary/aromatic N) is 4. The summed E-state index contributed by atoms with van der Waals surface area (Å²) in [4.78, 5) is 3.56. The smallest absolute Gasteiger partial charge is 0.252 e. The second-order valence-electron chi connectivity index (χ2n) is 2.66. The van der Waals surface area contributed by atoms with Crippen molar-refractivity contribution in [2.24, 2.45) is 0 Å². The van der Waals surface area contributed by atoms with E-state index in [9.17, 15) is 13.2 Å². The molecule has 0 saturated heterocycles. The molecule has 0 aliphatic carbocycles. The zero-order valence-electron chi connectivity index (χ0n) is 7.12. The van der Waals surface area contributed by atoms with Gasteiger partial charge in [0.1, 0.15) is 12.4 Å². The molecule has 14 heavy (non-hydrogen) atoms. The van der Waals surface area contributed by atoms with E-state index in [0.717, 1.165) is 0 Å². The zero-order valence-corrected chi connectivity index (χ0v) is 7.12. The zero-order chi connectivity index (χ0) is 10.6. The van der Waals surface area contributed by atoms with Crippen LogP contribution in [0.4, 0.5) is 13.2 Å². The molecule has 4 nitrogen and oxygen atoms in total. The molecular formula is C7H7F3N4. The second kappa shape index (κ2) is 4.09. The third-order valence-electron chi connectivity index (χ3n) is 1.48. The molecule has 0 aliphatic heterocycles. The van der Waals surface area contributed by atoms with Gasteiger partial charge >= 0.3 is 6.18 Å². The summed E-state index contributed by atoms with van der Waals surface area (Å²) in [6.45, 7) is 0.119. The highest BCUT2D eigenvalue weighted by Crippen LogP contribution is 2.21.